The largest absolute Gasteiger partial charge is 0.493 e. The number of hydrogen-bond acceptors (Lipinski definition) is 5. The molecular weight excluding hydrogens is 451 g/mol. The van der Waals surface area contributed by atoms with Gasteiger partial charge in [-0.25, -0.2) is 4.79 Å². The van der Waals surface area contributed by atoms with E-state index in [1.807, 2.05) is 6.07 Å². The van der Waals surface area contributed by atoms with Gasteiger partial charge in [-0.1, -0.05) is 53.5 Å². The maximum atomic E-state index is 12.6. The Labute approximate surface area is 194 Å². The Kier molecular flexibility index (Phi) is 7.50. The van der Waals surface area contributed by atoms with Crippen molar-refractivity contribution in [2.45, 2.75) is 0 Å². The molecule has 8 heteroatoms. The van der Waals surface area contributed by atoms with Gasteiger partial charge in [0, 0.05) is 0 Å². The summed E-state index contributed by atoms with van der Waals surface area (Å²) in [5.41, 5.74) is 0.903. The van der Waals surface area contributed by atoms with Crippen molar-refractivity contribution in [3.8, 4) is 17.6 Å². The molecule has 0 saturated heterocycles. The molecule has 0 aliphatic carbocycles. The molecule has 0 fully saturated rings. The van der Waals surface area contributed by atoms with Gasteiger partial charge in [0.15, 0.2) is 11.5 Å². The zero-order chi connectivity index (χ0) is 23.1. The number of ether oxygens (including phenoxy) is 2. The van der Waals surface area contributed by atoms with Gasteiger partial charge >= 0.3 is 5.97 Å². The summed E-state index contributed by atoms with van der Waals surface area (Å²) in [4.78, 5) is 25.0. The molecule has 0 atom stereocenters. The van der Waals surface area contributed by atoms with Crippen LogP contribution in [0.15, 0.2) is 72.3 Å². The highest BCUT2D eigenvalue weighted by molar-refractivity contribution is 6.44. The Morgan fingerprint density at radius 3 is 2.44 bits per heavy atom. The molecule has 160 valence electrons. The summed E-state index contributed by atoms with van der Waals surface area (Å²) in [6.07, 6.45) is 1.35. The Morgan fingerprint density at radius 2 is 1.75 bits per heavy atom. The predicted molar refractivity (Wildman–Crippen MR) is 123 cm³/mol. The third kappa shape index (κ3) is 5.46. The fraction of sp³-hybridized carbons (Fsp3) is 0.0417. The van der Waals surface area contributed by atoms with E-state index in [0.717, 1.165) is 0 Å². The minimum absolute atomic E-state index is 0.144. The minimum Gasteiger partial charge on any atom is -0.493 e. The van der Waals surface area contributed by atoms with Crippen LogP contribution in [0.3, 0.4) is 0 Å². The fourth-order valence-corrected chi connectivity index (χ4v) is 3.05. The van der Waals surface area contributed by atoms with Crippen molar-refractivity contribution in [3.05, 3.63) is 93.5 Å². The molecule has 32 heavy (non-hydrogen) atoms. The number of esters is 1. The lowest BCUT2D eigenvalue weighted by Crippen LogP contribution is -2.14. The number of nitrogens with zero attached hydrogens (tertiary/aromatic N) is 1. The Balaban J connectivity index is 1.86. The average molecular weight is 467 g/mol. The van der Waals surface area contributed by atoms with Crippen molar-refractivity contribution in [2.24, 2.45) is 0 Å². The molecule has 1 amide bonds. The summed E-state index contributed by atoms with van der Waals surface area (Å²) in [7, 11) is 1.44. The third-order valence-corrected chi connectivity index (χ3v) is 5.09. The number of rotatable bonds is 6. The van der Waals surface area contributed by atoms with Gasteiger partial charge in [-0.15, -0.1) is 0 Å². The van der Waals surface area contributed by atoms with Crippen LogP contribution < -0.4 is 14.8 Å². The van der Waals surface area contributed by atoms with Crippen LogP contribution in [0, 0.1) is 11.3 Å². The smallest absolute Gasteiger partial charge is 0.343 e. The van der Waals surface area contributed by atoms with Gasteiger partial charge in [0.25, 0.3) is 5.91 Å². The van der Waals surface area contributed by atoms with E-state index in [4.69, 9.17) is 32.7 Å². The molecule has 0 bridgehead atoms. The lowest BCUT2D eigenvalue weighted by molar-refractivity contribution is -0.112. The maximum absolute atomic E-state index is 12.6. The minimum atomic E-state index is -0.671. The monoisotopic (exact) mass is 466 g/mol. The highest BCUT2D eigenvalue weighted by Crippen LogP contribution is 2.31. The van der Waals surface area contributed by atoms with Crippen LogP contribution >= 0.6 is 23.2 Å². The number of anilines is 1. The topological polar surface area (TPSA) is 88.4 Å². The Morgan fingerprint density at radius 1 is 1.00 bits per heavy atom. The van der Waals surface area contributed by atoms with E-state index in [1.54, 1.807) is 60.7 Å². The van der Waals surface area contributed by atoms with Crippen molar-refractivity contribution in [2.75, 3.05) is 12.4 Å². The third-order valence-electron chi connectivity index (χ3n) is 4.28. The predicted octanol–water partition coefficient (Wildman–Crippen LogP) is 5.77. The molecule has 0 spiro atoms. The van der Waals surface area contributed by atoms with Crippen LogP contribution in [-0.2, 0) is 4.79 Å². The van der Waals surface area contributed by atoms with E-state index < -0.39 is 11.9 Å². The number of hydrogen-bond donors (Lipinski definition) is 1. The Hall–Kier alpha value is -3.79. The van der Waals surface area contributed by atoms with Gasteiger partial charge in [0.1, 0.15) is 11.6 Å². The first-order chi connectivity index (χ1) is 15.4. The maximum Gasteiger partial charge on any atom is 0.343 e. The lowest BCUT2D eigenvalue weighted by atomic mass is 10.1. The zero-order valence-electron chi connectivity index (χ0n) is 16.8. The number of carbonyl (C=O) groups is 2. The van der Waals surface area contributed by atoms with Crippen molar-refractivity contribution >= 4 is 46.8 Å². The van der Waals surface area contributed by atoms with E-state index in [0.29, 0.717) is 16.9 Å². The number of halogens is 2. The Bertz CT molecular complexity index is 1230. The molecule has 3 aromatic carbocycles. The fourth-order valence-electron chi connectivity index (χ4n) is 2.70. The van der Waals surface area contributed by atoms with E-state index in [1.165, 1.54) is 19.3 Å². The van der Waals surface area contributed by atoms with Crippen LogP contribution in [-0.4, -0.2) is 19.0 Å². The summed E-state index contributed by atoms with van der Waals surface area (Å²) in [6, 6.07) is 19.8. The zero-order valence-corrected chi connectivity index (χ0v) is 18.3. The molecule has 0 radical (unpaired) electrons. The van der Waals surface area contributed by atoms with E-state index in [-0.39, 0.29) is 27.1 Å². The molecule has 0 heterocycles. The quantitative estimate of drug-likeness (QED) is 0.215. The molecule has 0 aromatic heterocycles. The number of methoxy groups -OCH3 is 1. The van der Waals surface area contributed by atoms with E-state index >= 15 is 0 Å². The van der Waals surface area contributed by atoms with Crippen LogP contribution in [0.25, 0.3) is 6.08 Å². The molecule has 0 unspecified atom stereocenters. The van der Waals surface area contributed by atoms with E-state index in [2.05, 4.69) is 5.32 Å². The summed E-state index contributed by atoms with van der Waals surface area (Å²) >= 11 is 12.0. The molecule has 1 N–H and O–H groups in total. The van der Waals surface area contributed by atoms with Crippen molar-refractivity contribution in [3.63, 3.8) is 0 Å². The van der Waals surface area contributed by atoms with Gasteiger partial charge in [-0.3, -0.25) is 4.79 Å². The van der Waals surface area contributed by atoms with E-state index in [9.17, 15) is 14.9 Å². The van der Waals surface area contributed by atoms with Crippen LogP contribution in [0.4, 0.5) is 5.69 Å². The summed E-state index contributed by atoms with van der Waals surface area (Å²) in [5, 5.41) is 12.5. The van der Waals surface area contributed by atoms with Gasteiger partial charge in [0.2, 0.25) is 0 Å². The summed E-state index contributed by atoms with van der Waals surface area (Å²) < 4.78 is 10.7. The molecule has 3 aromatic rings. The first-order valence-corrected chi connectivity index (χ1v) is 10.0. The second-order valence-electron chi connectivity index (χ2n) is 6.39. The van der Waals surface area contributed by atoms with Gasteiger partial charge in [-0.05, 0) is 48.0 Å². The van der Waals surface area contributed by atoms with Crippen LogP contribution in [0.1, 0.15) is 15.9 Å². The highest BCUT2D eigenvalue weighted by Gasteiger charge is 2.15. The lowest BCUT2D eigenvalue weighted by Gasteiger charge is -2.11. The summed E-state index contributed by atoms with van der Waals surface area (Å²) in [5.74, 6) is -0.778. The first kappa shape index (κ1) is 22.9. The second kappa shape index (κ2) is 10.5. The highest BCUT2D eigenvalue weighted by atomic mass is 35.5. The normalized spacial score (nSPS) is 10.8. The number of nitriles is 1. The van der Waals surface area contributed by atoms with Crippen molar-refractivity contribution in [1.29, 1.82) is 5.26 Å². The standard InChI is InChI=1S/C24H16Cl2N2O4/c1-31-20-11-10-15(13-21(20)32-24(30)16-6-3-2-4-7-16)12-17(14-27)23(29)28-19-9-5-8-18(25)22(19)26/h2-13H,1H3,(H,28,29)/b17-12+. The summed E-state index contributed by atoms with van der Waals surface area (Å²) in [6.45, 7) is 0. The van der Waals surface area contributed by atoms with Gasteiger partial charge < -0.3 is 14.8 Å². The molecule has 0 aliphatic rings. The number of benzene rings is 3. The second-order valence-corrected chi connectivity index (χ2v) is 7.18. The number of nitrogens with one attached hydrogen (secondary N) is 1. The van der Waals surface area contributed by atoms with Crippen molar-refractivity contribution in [1.82, 2.24) is 0 Å². The molecular formula is C24H16Cl2N2O4. The molecule has 0 saturated carbocycles. The molecule has 0 aliphatic heterocycles. The number of carbonyl (C=O) groups excluding carboxylic acids is 2. The van der Waals surface area contributed by atoms with Crippen LogP contribution in [0.5, 0.6) is 11.5 Å². The number of amides is 1. The van der Waals surface area contributed by atoms with Gasteiger partial charge in [0.05, 0.1) is 28.4 Å². The van der Waals surface area contributed by atoms with Gasteiger partial charge in [-0.2, -0.15) is 5.26 Å². The molecule has 6 nitrogen and oxygen atoms in total. The average Bonchev–Trinajstić information content (AvgIpc) is 2.81. The molecule has 3 rings (SSSR count). The first-order valence-electron chi connectivity index (χ1n) is 9.25. The van der Waals surface area contributed by atoms with Crippen molar-refractivity contribution < 1.29 is 19.1 Å². The van der Waals surface area contributed by atoms with Crippen LogP contribution in [0.2, 0.25) is 10.0 Å². The SMILES string of the molecule is COc1ccc(/C=C(\C#N)C(=O)Nc2cccc(Cl)c2Cl)cc1OC(=O)c1ccccc1.